The Hall–Kier alpha value is -1.43. The number of hydrogen-bond acceptors (Lipinski definition) is 5. The molecule has 1 aromatic rings. The molecule has 1 rings (SSSR count). The van der Waals surface area contributed by atoms with Crippen molar-refractivity contribution in [2.24, 2.45) is 10.4 Å². The van der Waals surface area contributed by atoms with E-state index in [1.54, 1.807) is 19.2 Å². The number of carbonyl (C=O) groups is 1. The van der Waals surface area contributed by atoms with Crippen LogP contribution < -0.4 is 5.73 Å². The molecule has 0 radical (unpaired) electrons. The second kappa shape index (κ2) is 4.39. The van der Waals surface area contributed by atoms with Crippen molar-refractivity contribution in [1.82, 2.24) is 4.98 Å². The fourth-order valence-corrected chi connectivity index (χ4v) is 1.31. The summed E-state index contributed by atoms with van der Waals surface area (Å²) in [5.74, 6) is -0.863. The molecule has 0 aliphatic carbocycles. The van der Waals surface area contributed by atoms with Crippen molar-refractivity contribution >= 4 is 28.7 Å². The monoisotopic (exact) mass is 227 g/mol. The van der Waals surface area contributed by atoms with Crippen LogP contribution >= 0.6 is 11.3 Å². The van der Waals surface area contributed by atoms with Gasteiger partial charge in [0.05, 0.1) is 17.7 Å². The number of carboxylic acid groups (broad SMARTS) is 1. The molecule has 0 fully saturated rings. The van der Waals surface area contributed by atoms with Crippen molar-refractivity contribution < 1.29 is 9.90 Å². The molecule has 82 valence electrons. The third kappa shape index (κ3) is 3.32. The van der Waals surface area contributed by atoms with Crippen molar-refractivity contribution in [1.29, 1.82) is 0 Å². The van der Waals surface area contributed by atoms with Gasteiger partial charge in [0.25, 0.3) is 0 Å². The first-order valence-electron chi connectivity index (χ1n) is 4.36. The Labute approximate surface area is 91.7 Å². The number of nitrogens with two attached hydrogens (primary N) is 1. The lowest BCUT2D eigenvalue weighted by Gasteiger charge is -2.14. The van der Waals surface area contributed by atoms with Crippen molar-refractivity contribution in [3.05, 3.63) is 11.1 Å². The van der Waals surface area contributed by atoms with Gasteiger partial charge in [0, 0.05) is 11.6 Å². The lowest BCUT2D eigenvalue weighted by Crippen LogP contribution is -2.26. The third-order valence-corrected chi connectivity index (χ3v) is 2.52. The molecule has 3 N–H and O–H groups in total. The molecular weight excluding hydrogens is 214 g/mol. The van der Waals surface area contributed by atoms with Gasteiger partial charge in [0.2, 0.25) is 0 Å². The van der Waals surface area contributed by atoms with Crippen LogP contribution in [0.4, 0.5) is 5.13 Å². The Kier molecular flexibility index (Phi) is 3.41. The van der Waals surface area contributed by atoms with Crippen LogP contribution in [0.25, 0.3) is 0 Å². The number of aliphatic imine (C=N–C) groups is 1. The second-order valence-electron chi connectivity index (χ2n) is 3.77. The second-order valence-corrected chi connectivity index (χ2v) is 4.66. The fourth-order valence-electron chi connectivity index (χ4n) is 0.795. The minimum Gasteiger partial charge on any atom is -0.481 e. The number of nitrogens with zero attached hydrogens (tertiary/aromatic N) is 2. The van der Waals surface area contributed by atoms with Gasteiger partial charge in [0.15, 0.2) is 5.13 Å². The number of carboxylic acids is 1. The summed E-state index contributed by atoms with van der Waals surface area (Å²) in [5, 5.41) is 11.1. The van der Waals surface area contributed by atoms with E-state index in [1.807, 2.05) is 0 Å². The maximum absolute atomic E-state index is 10.8. The van der Waals surface area contributed by atoms with Crippen LogP contribution in [-0.2, 0) is 4.79 Å². The minimum absolute atomic E-state index is 0.222. The maximum Gasteiger partial charge on any atom is 0.310 e. The highest BCUT2D eigenvalue weighted by atomic mass is 32.1. The molecule has 1 heterocycles. The standard InChI is InChI=1S/C9H13N3O2S/c1-9(2,7(13)14)5-11-3-6-4-15-8(10)12-6/h3-4H,5H2,1-2H3,(H2,10,12)(H,13,14). The van der Waals surface area contributed by atoms with Crippen molar-refractivity contribution in [2.45, 2.75) is 13.8 Å². The summed E-state index contributed by atoms with van der Waals surface area (Å²) in [7, 11) is 0. The molecule has 1 aromatic heterocycles. The maximum atomic E-state index is 10.8. The van der Waals surface area contributed by atoms with Crippen molar-refractivity contribution in [2.75, 3.05) is 12.3 Å². The van der Waals surface area contributed by atoms with Crippen LogP contribution in [0.15, 0.2) is 10.4 Å². The molecule has 6 heteroatoms. The number of anilines is 1. The fraction of sp³-hybridized carbons (Fsp3) is 0.444. The van der Waals surface area contributed by atoms with Gasteiger partial charge in [-0.05, 0) is 13.8 Å². The highest BCUT2D eigenvalue weighted by Gasteiger charge is 2.26. The molecule has 0 amide bonds. The summed E-state index contributed by atoms with van der Waals surface area (Å²) in [5.41, 5.74) is 5.25. The van der Waals surface area contributed by atoms with Crippen LogP contribution in [0.1, 0.15) is 19.5 Å². The number of nitrogen functional groups attached to an aromatic ring is 1. The van der Waals surface area contributed by atoms with Gasteiger partial charge >= 0.3 is 5.97 Å². The van der Waals surface area contributed by atoms with Gasteiger partial charge in [-0.25, -0.2) is 4.98 Å². The SMILES string of the molecule is CC(C)(CN=Cc1csc(N)n1)C(=O)O. The lowest BCUT2D eigenvalue weighted by atomic mass is 9.94. The minimum atomic E-state index is -0.863. The van der Waals surface area contributed by atoms with Crippen LogP contribution in [0.3, 0.4) is 0 Å². The average molecular weight is 227 g/mol. The number of aromatic nitrogens is 1. The van der Waals surface area contributed by atoms with E-state index in [-0.39, 0.29) is 6.54 Å². The Bertz CT molecular complexity index is 384. The quantitative estimate of drug-likeness (QED) is 0.758. The number of rotatable bonds is 4. The largest absolute Gasteiger partial charge is 0.481 e. The summed E-state index contributed by atoms with van der Waals surface area (Å²) in [6, 6.07) is 0. The van der Waals surface area contributed by atoms with Crippen LogP contribution in [0.5, 0.6) is 0 Å². The zero-order valence-electron chi connectivity index (χ0n) is 8.60. The van der Waals surface area contributed by atoms with Crippen molar-refractivity contribution in [3.8, 4) is 0 Å². The van der Waals surface area contributed by atoms with Crippen LogP contribution in [0, 0.1) is 5.41 Å². The molecule has 15 heavy (non-hydrogen) atoms. The summed E-state index contributed by atoms with van der Waals surface area (Å²) in [6.07, 6.45) is 1.54. The van der Waals surface area contributed by atoms with Gasteiger partial charge in [0.1, 0.15) is 0 Å². The van der Waals surface area contributed by atoms with Gasteiger partial charge in [-0.2, -0.15) is 0 Å². The summed E-state index contributed by atoms with van der Waals surface area (Å²) < 4.78 is 0. The average Bonchev–Trinajstić information content (AvgIpc) is 2.51. The summed E-state index contributed by atoms with van der Waals surface area (Å²) >= 11 is 1.33. The van der Waals surface area contributed by atoms with E-state index in [2.05, 4.69) is 9.98 Å². The lowest BCUT2D eigenvalue weighted by molar-refractivity contribution is -0.146. The highest BCUT2D eigenvalue weighted by Crippen LogP contribution is 2.15. The molecule has 0 saturated carbocycles. The van der Waals surface area contributed by atoms with E-state index in [0.29, 0.717) is 10.8 Å². The first kappa shape index (κ1) is 11.6. The van der Waals surface area contributed by atoms with Gasteiger partial charge in [-0.15, -0.1) is 11.3 Å². The Balaban J connectivity index is 2.57. The molecule has 0 saturated heterocycles. The number of thiazole rings is 1. The first-order valence-corrected chi connectivity index (χ1v) is 5.24. The predicted octanol–water partition coefficient (Wildman–Crippen LogP) is 1.25. The molecule has 0 unspecified atom stereocenters. The van der Waals surface area contributed by atoms with Crippen LogP contribution in [-0.4, -0.2) is 28.8 Å². The zero-order valence-corrected chi connectivity index (χ0v) is 9.41. The normalized spacial score (nSPS) is 12.1. The Morgan fingerprint density at radius 1 is 1.80 bits per heavy atom. The predicted molar refractivity (Wildman–Crippen MR) is 60.4 cm³/mol. The van der Waals surface area contributed by atoms with E-state index in [4.69, 9.17) is 10.8 Å². The number of hydrogen-bond donors (Lipinski definition) is 2. The molecule has 0 spiro atoms. The molecule has 0 aliphatic rings. The summed E-state index contributed by atoms with van der Waals surface area (Å²) in [4.78, 5) is 18.8. The third-order valence-electron chi connectivity index (χ3n) is 1.83. The van der Waals surface area contributed by atoms with E-state index < -0.39 is 11.4 Å². The molecule has 0 atom stereocenters. The molecule has 0 aliphatic heterocycles. The smallest absolute Gasteiger partial charge is 0.310 e. The van der Waals surface area contributed by atoms with E-state index in [1.165, 1.54) is 17.6 Å². The Morgan fingerprint density at radius 2 is 2.47 bits per heavy atom. The molecular formula is C9H13N3O2S. The van der Waals surface area contributed by atoms with Gasteiger partial charge in [-0.3, -0.25) is 9.79 Å². The van der Waals surface area contributed by atoms with Crippen LogP contribution in [0.2, 0.25) is 0 Å². The summed E-state index contributed by atoms with van der Waals surface area (Å²) in [6.45, 7) is 3.48. The zero-order chi connectivity index (χ0) is 11.5. The topological polar surface area (TPSA) is 88.6 Å². The molecule has 5 nitrogen and oxygen atoms in total. The van der Waals surface area contributed by atoms with E-state index in [0.717, 1.165) is 0 Å². The first-order chi connectivity index (χ1) is 6.92. The van der Waals surface area contributed by atoms with Gasteiger partial charge in [-0.1, -0.05) is 0 Å². The number of aliphatic carboxylic acids is 1. The molecule has 0 aromatic carbocycles. The molecule has 0 bridgehead atoms. The van der Waals surface area contributed by atoms with E-state index >= 15 is 0 Å². The Morgan fingerprint density at radius 3 is 2.93 bits per heavy atom. The highest BCUT2D eigenvalue weighted by molar-refractivity contribution is 7.13. The van der Waals surface area contributed by atoms with Crippen molar-refractivity contribution in [3.63, 3.8) is 0 Å². The van der Waals surface area contributed by atoms with E-state index in [9.17, 15) is 4.79 Å². The van der Waals surface area contributed by atoms with Gasteiger partial charge < -0.3 is 10.8 Å².